The normalized spacial score (nSPS) is 25.4. The number of esters is 1. The van der Waals surface area contributed by atoms with Gasteiger partial charge in [-0.1, -0.05) is 26.2 Å². The zero-order chi connectivity index (χ0) is 11.9. The van der Waals surface area contributed by atoms with Gasteiger partial charge in [0.1, 0.15) is 0 Å². The molecule has 0 aliphatic carbocycles. The Labute approximate surface area is 98.9 Å². The molecule has 1 heterocycles. The van der Waals surface area contributed by atoms with Crippen LogP contribution >= 0.6 is 0 Å². The fraction of sp³-hybridized carbons (Fsp3) is 0.923. The second kappa shape index (κ2) is 6.89. The van der Waals surface area contributed by atoms with Gasteiger partial charge in [-0.05, 0) is 32.7 Å². The maximum Gasteiger partial charge on any atom is 0.313 e. The van der Waals surface area contributed by atoms with Gasteiger partial charge in [-0.15, -0.1) is 0 Å². The molecule has 1 atom stereocenters. The molecule has 0 spiro atoms. The van der Waals surface area contributed by atoms with Crippen LogP contribution in [0.1, 0.15) is 52.4 Å². The van der Waals surface area contributed by atoms with Crippen molar-refractivity contribution in [2.45, 2.75) is 52.4 Å². The lowest BCUT2D eigenvalue weighted by molar-refractivity contribution is -0.156. The summed E-state index contributed by atoms with van der Waals surface area (Å²) in [6, 6.07) is 0. The molecule has 1 fully saturated rings. The zero-order valence-corrected chi connectivity index (χ0v) is 10.7. The van der Waals surface area contributed by atoms with E-state index in [0.717, 1.165) is 32.4 Å². The van der Waals surface area contributed by atoms with Crippen LogP contribution in [0, 0.1) is 5.41 Å². The van der Waals surface area contributed by atoms with Crippen LogP contribution in [-0.2, 0) is 9.53 Å². The molecule has 0 aromatic carbocycles. The summed E-state index contributed by atoms with van der Waals surface area (Å²) >= 11 is 0. The molecule has 94 valence electrons. The minimum atomic E-state index is -0.289. The van der Waals surface area contributed by atoms with Crippen molar-refractivity contribution < 1.29 is 9.53 Å². The Morgan fingerprint density at radius 1 is 1.38 bits per heavy atom. The second-order valence-electron chi connectivity index (χ2n) is 5.04. The molecule has 0 radical (unpaired) electrons. The molecule has 1 aliphatic heterocycles. The molecule has 0 aromatic heterocycles. The summed E-state index contributed by atoms with van der Waals surface area (Å²) in [6.07, 6.45) is 6.64. The minimum absolute atomic E-state index is 0.0174. The summed E-state index contributed by atoms with van der Waals surface area (Å²) in [7, 11) is 0. The lowest BCUT2D eigenvalue weighted by atomic mass is 9.83. The van der Waals surface area contributed by atoms with Crippen LogP contribution < -0.4 is 5.32 Å². The first-order valence-corrected chi connectivity index (χ1v) is 6.57. The van der Waals surface area contributed by atoms with Crippen LogP contribution in [0.3, 0.4) is 0 Å². The number of carbonyl (C=O) groups is 1. The summed E-state index contributed by atoms with van der Waals surface area (Å²) in [5.41, 5.74) is -0.289. The Bertz CT molecular complexity index is 210. The van der Waals surface area contributed by atoms with Gasteiger partial charge in [-0.25, -0.2) is 0 Å². The smallest absolute Gasteiger partial charge is 0.313 e. The second-order valence-corrected chi connectivity index (χ2v) is 5.04. The zero-order valence-electron chi connectivity index (χ0n) is 10.7. The Hall–Kier alpha value is -0.570. The van der Waals surface area contributed by atoms with Crippen LogP contribution in [0.25, 0.3) is 0 Å². The van der Waals surface area contributed by atoms with Crippen LogP contribution in [0.15, 0.2) is 0 Å². The average Bonchev–Trinajstić information content (AvgIpc) is 2.29. The highest BCUT2D eigenvalue weighted by Crippen LogP contribution is 2.26. The molecule has 1 aliphatic rings. The Morgan fingerprint density at radius 3 is 2.81 bits per heavy atom. The summed E-state index contributed by atoms with van der Waals surface area (Å²) < 4.78 is 5.35. The van der Waals surface area contributed by atoms with E-state index in [2.05, 4.69) is 12.2 Å². The Morgan fingerprint density at radius 2 is 2.19 bits per heavy atom. The van der Waals surface area contributed by atoms with E-state index in [1.54, 1.807) is 0 Å². The number of hydrogen-bond donors (Lipinski definition) is 1. The first-order valence-electron chi connectivity index (χ1n) is 6.57. The van der Waals surface area contributed by atoms with Gasteiger partial charge in [0.25, 0.3) is 0 Å². The molecule has 3 heteroatoms. The molecule has 0 amide bonds. The van der Waals surface area contributed by atoms with Crippen LogP contribution in [-0.4, -0.2) is 25.7 Å². The predicted octanol–water partition coefficient (Wildman–Crippen LogP) is 2.50. The number of hydrogen-bond acceptors (Lipinski definition) is 3. The van der Waals surface area contributed by atoms with Gasteiger partial charge in [0.05, 0.1) is 12.0 Å². The lowest BCUT2D eigenvalue weighted by Gasteiger charge is -2.31. The fourth-order valence-corrected chi connectivity index (χ4v) is 2.10. The molecule has 0 bridgehead atoms. The molecule has 1 rings (SSSR count). The number of nitrogens with one attached hydrogen (secondary N) is 1. The van der Waals surface area contributed by atoms with Crippen molar-refractivity contribution >= 4 is 5.97 Å². The van der Waals surface area contributed by atoms with Gasteiger partial charge in [0, 0.05) is 6.54 Å². The number of unbranched alkanes of at least 4 members (excludes halogenated alkanes) is 3. The van der Waals surface area contributed by atoms with Crippen molar-refractivity contribution in [3.63, 3.8) is 0 Å². The standard InChI is InChI=1S/C13H25NO2/c1-3-4-5-6-10-16-12(15)13(2)8-7-9-14-11-13/h14H,3-11H2,1-2H3. The summed E-state index contributed by atoms with van der Waals surface area (Å²) in [5.74, 6) is -0.0174. The number of carbonyl (C=O) groups excluding carboxylic acids is 1. The van der Waals surface area contributed by atoms with Crippen molar-refractivity contribution in [3.8, 4) is 0 Å². The predicted molar refractivity (Wildman–Crippen MR) is 65.3 cm³/mol. The van der Waals surface area contributed by atoms with Crippen molar-refractivity contribution in [3.05, 3.63) is 0 Å². The third-order valence-electron chi connectivity index (χ3n) is 3.32. The first-order chi connectivity index (χ1) is 7.69. The largest absolute Gasteiger partial charge is 0.465 e. The van der Waals surface area contributed by atoms with E-state index in [4.69, 9.17) is 4.74 Å². The number of ether oxygens (including phenoxy) is 1. The van der Waals surface area contributed by atoms with Gasteiger partial charge in [0.2, 0.25) is 0 Å². The molecule has 1 saturated heterocycles. The summed E-state index contributed by atoms with van der Waals surface area (Å²) in [6.45, 7) is 6.57. The highest BCUT2D eigenvalue weighted by molar-refractivity contribution is 5.76. The van der Waals surface area contributed by atoms with E-state index < -0.39 is 0 Å². The van der Waals surface area contributed by atoms with E-state index in [9.17, 15) is 4.79 Å². The molecule has 16 heavy (non-hydrogen) atoms. The average molecular weight is 227 g/mol. The van der Waals surface area contributed by atoms with Crippen LogP contribution in [0.4, 0.5) is 0 Å². The maximum atomic E-state index is 11.9. The van der Waals surface area contributed by atoms with Gasteiger partial charge in [-0.2, -0.15) is 0 Å². The van der Waals surface area contributed by atoms with Crippen LogP contribution in [0.2, 0.25) is 0 Å². The topological polar surface area (TPSA) is 38.3 Å². The Balaban J connectivity index is 2.18. The van der Waals surface area contributed by atoms with E-state index in [-0.39, 0.29) is 11.4 Å². The molecular formula is C13H25NO2. The highest BCUT2D eigenvalue weighted by Gasteiger charge is 2.35. The van der Waals surface area contributed by atoms with Gasteiger partial charge in [0.15, 0.2) is 0 Å². The highest BCUT2D eigenvalue weighted by atomic mass is 16.5. The minimum Gasteiger partial charge on any atom is -0.465 e. The van der Waals surface area contributed by atoms with Gasteiger partial charge in [-0.3, -0.25) is 4.79 Å². The third-order valence-corrected chi connectivity index (χ3v) is 3.32. The van der Waals surface area contributed by atoms with Gasteiger partial charge < -0.3 is 10.1 Å². The fourth-order valence-electron chi connectivity index (χ4n) is 2.10. The van der Waals surface area contributed by atoms with E-state index in [0.29, 0.717) is 6.61 Å². The Kier molecular flexibility index (Phi) is 5.81. The maximum absolute atomic E-state index is 11.9. The molecule has 1 N–H and O–H groups in total. The van der Waals surface area contributed by atoms with E-state index in [1.165, 1.54) is 19.3 Å². The van der Waals surface area contributed by atoms with Gasteiger partial charge >= 0.3 is 5.97 Å². The third kappa shape index (κ3) is 4.12. The molecule has 0 aromatic rings. The monoisotopic (exact) mass is 227 g/mol. The quantitative estimate of drug-likeness (QED) is 0.559. The van der Waals surface area contributed by atoms with Crippen molar-refractivity contribution in [2.24, 2.45) is 5.41 Å². The number of piperidine rings is 1. The molecule has 3 nitrogen and oxygen atoms in total. The first kappa shape index (κ1) is 13.5. The van der Waals surface area contributed by atoms with E-state index in [1.807, 2.05) is 6.92 Å². The molecular weight excluding hydrogens is 202 g/mol. The van der Waals surface area contributed by atoms with Crippen LogP contribution in [0.5, 0.6) is 0 Å². The van der Waals surface area contributed by atoms with E-state index >= 15 is 0 Å². The molecule has 0 saturated carbocycles. The number of rotatable bonds is 6. The van der Waals surface area contributed by atoms with Crippen molar-refractivity contribution in [1.29, 1.82) is 0 Å². The lowest BCUT2D eigenvalue weighted by Crippen LogP contribution is -2.44. The van der Waals surface area contributed by atoms with Crippen molar-refractivity contribution in [1.82, 2.24) is 5.32 Å². The van der Waals surface area contributed by atoms with Crippen molar-refractivity contribution in [2.75, 3.05) is 19.7 Å². The summed E-state index contributed by atoms with van der Waals surface area (Å²) in [4.78, 5) is 11.9. The molecule has 1 unspecified atom stereocenters. The summed E-state index contributed by atoms with van der Waals surface area (Å²) in [5, 5.41) is 3.27. The SMILES string of the molecule is CCCCCCOC(=O)C1(C)CCCNC1.